The fraction of sp³-hybridized carbons (Fsp3) is 0.500. The molecule has 2 heterocycles. The summed E-state index contributed by atoms with van der Waals surface area (Å²) < 4.78 is 6.39. The second-order valence-corrected chi connectivity index (χ2v) is 5.89. The van der Waals surface area contributed by atoms with E-state index in [0.29, 0.717) is 12.6 Å². The van der Waals surface area contributed by atoms with Crippen LogP contribution in [0.2, 0.25) is 0 Å². The van der Waals surface area contributed by atoms with Gasteiger partial charge in [0.15, 0.2) is 0 Å². The van der Waals surface area contributed by atoms with Gasteiger partial charge in [0.25, 0.3) is 0 Å². The third kappa shape index (κ3) is 2.41. The number of ether oxygens (including phenoxy) is 1. The first-order valence-corrected chi connectivity index (χ1v) is 7.30. The molecular weight excluding hydrogens is 244 g/mol. The number of thiazole rings is 1. The van der Waals surface area contributed by atoms with Gasteiger partial charge in [-0.2, -0.15) is 0 Å². The maximum absolute atomic E-state index is 5.14. The molecule has 0 saturated carbocycles. The van der Waals surface area contributed by atoms with E-state index in [1.165, 1.54) is 29.5 Å². The molecule has 0 spiro atoms. The quantitative estimate of drug-likeness (QED) is 0.922. The molecule has 4 heteroatoms. The highest BCUT2D eigenvalue weighted by Gasteiger charge is 2.15. The molecule has 0 unspecified atom stereocenters. The minimum absolute atomic E-state index is 0.510. The normalized spacial score (nSPS) is 20.4. The number of nitrogens with zero attached hydrogens (tertiary/aromatic N) is 1. The lowest BCUT2D eigenvalue weighted by Crippen LogP contribution is -2.26. The van der Waals surface area contributed by atoms with Gasteiger partial charge in [-0.25, -0.2) is 4.98 Å². The van der Waals surface area contributed by atoms with Crippen LogP contribution in [0.15, 0.2) is 18.2 Å². The fourth-order valence-corrected chi connectivity index (χ4v) is 3.45. The zero-order valence-electron chi connectivity index (χ0n) is 10.6. The van der Waals surface area contributed by atoms with Gasteiger partial charge in [0, 0.05) is 13.2 Å². The van der Waals surface area contributed by atoms with Crippen LogP contribution >= 0.6 is 11.3 Å². The molecule has 1 saturated heterocycles. The Bertz CT molecular complexity index is 532. The van der Waals surface area contributed by atoms with Crippen LogP contribution in [0.25, 0.3) is 10.2 Å². The fourth-order valence-electron chi connectivity index (χ4n) is 2.53. The molecule has 1 N–H and O–H groups in total. The zero-order chi connectivity index (χ0) is 12.4. The molecule has 0 bridgehead atoms. The maximum Gasteiger partial charge on any atom is 0.120 e. The summed E-state index contributed by atoms with van der Waals surface area (Å²) >= 11 is 1.72. The molecular formula is C14H18N2OS. The zero-order valence-corrected chi connectivity index (χ0v) is 11.4. The number of methoxy groups -OCH3 is 1. The van der Waals surface area contributed by atoms with Crippen molar-refractivity contribution in [2.24, 2.45) is 0 Å². The third-order valence-electron chi connectivity index (χ3n) is 3.44. The first-order valence-electron chi connectivity index (χ1n) is 6.48. The Morgan fingerprint density at radius 3 is 3.17 bits per heavy atom. The highest BCUT2D eigenvalue weighted by atomic mass is 32.1. The first kappa shape index (κ1) is 12.1. The van der Waals surface area contributed by atoms with Gasteiger partial charge in [0.1, 0.15) is 5.01 Å². The number of fused-ring (bicyclic) bond motifs is 1. The Morgan fingerprint density at radius 1 is 1.44 bits per heavy atom. The predicted octanol–water partition coefficient (Wildman–Crippen LogP) is 3.26. The van der Waals surface area contributed by atoms with Gasteiger partial charge in [-0.3, -0.25) is 0 Å². The number of piperidine rings is 1. The molecule has 0 radical (unpaired) electrons. The Morgan fingerprint density at radius 2 is 2.39 bits per heavy atom. The molecule has 18 heavy (non-hydrogen) atoms. The summed E-state index contributed by atoms with van der Waals surface area (Å²) in [5.41, 5.74) is 2.48. The van der Waals surface area contributed by atoms with Crippen molar-refractivity contribution >= 4 is 21.6 Å². The highest BCUT2D eigenvalue weighted by molar-refractivity contribution is 7.18. The van der Waals surface area contributed by atoms with Gasteiger partial charge in [0.05, 0.1) is 16.8 Å². The van der Waals surface area contributed by atoms with E-state index in [4.69, 9.17) is 4.74 Å². The van der Waals surface area contributed by atoms with Crippen molar-refractivity contribution in [1.82, 2.24) is 10.3 Å². The average Bonchev–Trinajstić information content (AvgIpc) is 2.81. The lowest BCUT2D eigenvalue weighted by atomic mass is 9.97. The first-order chi connectivity index (χ1) is 8.86. The van der Waals surface area contributed by atoms with E-state index < -0.39 is 0 Å². The topological polar surface area (TPSA) is 34.1 Å². The molecule has 1 fully saturated rings. The minimum Gasteiger partial charge on any atom is -0.378 e. The van der Waals surface area contributed by atoms with E-state index in [9.17, 15) is 0 Å². The van der Waals surface area contributed by atoms with Crippen molar-refractivity contribution in [3.63, 3.8) is 0 Å². The van der Waals surface area contributed by atoms with Crippen LogP contribution in [-0.2, 0) is 11.3 Å². The van der Waals surface area contributed by atoms with E-state index in [-0.39, 0.29) is 0 Å². The van der Waals surface area contributed by atoms with Crippen LogP contribution in [0.3, 0.4) is 0 Å². The smallest absolute Gasteiger partial charge is 0.120 e. The molecule has 3 rings (SSSR count). The van der Waals surface area contributed by atoms with E-state index in [2.05, 4.69) is 28.5 Å². The largest absolute Gasteiger partial charge is 0.378 e. The van der Waals surface area contributed by atoms with Crippen LogP contribution in [0.4, 0.5) is 0 Å². The number of aromatic nitrogens is 1. The van der Waals surface area contributed by atoms with Crippen molar-refractivity contribution < 1.29 is 4.74 Å². The Balaban J connectivity index is 1.89. The summed E-state index contributed by atoms with van der Waals surface area (Å²) in [5, 5.41) is 4.64. The number of nitrogens with one attached hydrogen (secondary N) is 1. The second kappa shape index (κ2) is 5.34. The maximum atomic E-state index is 5.14. The SMILES string of the molecule is COCc1nc2cc([C@@H]3CCCCN3)ccc2s1. The molecule has 0 aliphatic carbocycles. The standard InChI is InChI=1S/C14H18N2OS/c1-17-9-14-16-12-8-10(5-6-13(12)18-14)11-4-2-3-7-15-11/h5-6,8,11,15H,2-4,7,9H2,1H3/t11-/m0/s1. The van der Waals surface area contributed by atoms with Crippen LogP contribution < -0.4 is 5.32 Å². The molecule has 1 aromatic heterocycles. The molecule has 0 amide bonds. The predicted molar refractivity (Wildman–Crippen MR) is 74.9 cm³/mol. The second-order valence-electron chi connectivity index (χ2n) is 4.77. The monoisotopic (exact) mass is 262 g/mol. The van der Waals surface area contributed by atoms with E-state index in [1.54, 1.807) is 18.4 Å². The summed E-state index contributed by atoms with van der Waals surface area (Å²) in [6.45, 7) is 1.74. The third-order valence-corrected chi connectivity index (χ3v) is 4.45. The van der Waals surface area contributed by atoms with Gasteiger partial charge >= 0.3 is 0 Å². The van der Waals surface area contributed by atoms with Crippen LogP contribution in [-0.4, -0.2) is 18.6 Å². The summed E-state index contributed by atoms with van der Waals surface area (Å²) in [7, 11) is 1.71. The molecule has 2 aromatic rings. The van der Waals surface area contributed by atoms with Crippen molar-refractivity contribution in [3.05, 3.63) is 28.8 Å². The summed E-state index contributed by atoms with van der Waals surface area (Å²) in [5.74, 6) is 0. The molecule has 1 atom stereocenters. The van der Waals surface area contributed by atoms with Crippen molar-refractivity contribution in [2.75, 3.05) is 13.7 Å². The molecule has 3 nitrogen and oxygen atoms in total. The minimum atomic E-state index is 0.510. The molecule has 1 aliphatic rings. The lowest BCUT2D eigenvalue weighted by molar-refractivity contribution is 0.184. The lowest BCUT2D eigenvalue weighted by Gasteiger charge is -2.23. The summed E-state index contributed by atoms with van der Waals surface area (Å²) in [6.07, 6.45) is 3.86. The Kier molecular flexibility index (Phi) is 3.59. The van der Waals surface area contributed by atoms with Gasteiger partial charge in [-0.15, -0.1) is 11.3 Å². The van der Waals surface area contributed by atoms with E-state index in [0.717, 1.165) is 17.1 Å². The average molecular weight is 262 g/mol. The van der Waals surface area contributed by atoms with Crippen molar-refractivity contribution in [3.8, 4) is 0 Å². The van der Waals surface area contributed by atoms with Gasteiger partial charge in [-0.1, -0.05) is 12.5 Å². The number of hydrogen-bond acceptors (Lipinski definition) is 4. The van der Waals surface area contributed by atoms with Crippen molar-refractivity contribution in [1.29, 1.82) is 0 Å². The Labute approximate surface area is 111 Å². The number of hydrogen-bond donors (Lipinski definition) is 1. The van der Waals surface area contributed by atoms with Crippen LogP contribution in [0.1, 0.15) is 35.9 Å². The van der Waals surface area contributed by atoms with E-state index >= 15 is 0 Å². The van der Waals surface area contributed by atoms with Crippen LogP contribution in [0.5, 0.6) is 0 Å². The Hall–Kier alpha value is -0.970. The van der Waals surface area contributed by atoms with E-state index in [1.807, 2.05) is 0 Å². The number of rotatable bonds is 3. The van der Waals surface area contributed by atoms with Gasteiger partial charge in [0.2, 0.25) is 0 Å². The van der Waals surface area contributed by atoms with Crippen LogP contribution in [0, 0.1) is 0 Å². The summed E-state index contributed by atoms with van der Waals surface area (Å²) in [4.78, 5) is 4.62. The highest BCUT2D eigenvalue weighted by Crippen LogP contribution is 2.28. The molecule has 1 aliphatic heterocycles. The molecule has 96 valence electrons. The summed E-state index contributed by atoms with van der Waals surface area (Å²) in [6, 6.07) is 7.17. The van der Waals surface area contributed by atoms with Crippen molar-refractivity contribution in [2.45, 2.75) is 31.9 Å². The number of benzene rings is 1. The van der Waals surface area contributed by atoms with Gasteiger partial charge in [-0.05, 0) is 37.1 Å². The molecule has 1 aromatic carbocycles. The van der Waals surface area contributed by atoms with Gasteiger partial charge < -0.3 is 10.1 Å².